The largest absolute Gasteiger partial charge is 0.478 e. The number of fused-ring (bicyclic) bond motifs is 1. The second kappa shape index (κ2) is 10.9. The summed E-state index contributed by atoms with van der Waals surface area (Å²) in [5, 5.41) is 37.9. The van der Waals surface area contributed by atoms with Gasteiger partial charge >= 0.3 is 11.9 Å². The number of carbonyl (C=O) groups is 4. The minimum atomic E-state index is -1.57. The van der Waals surface area contributed by atoms with Gasteiger partial charge in [0, 0.05) is 29.7 Å². The fourth-order valence-electron chi connectivity index (χ4n) is 4.46. The van der Waals surface area contributed by atoms with Crippen LogP contribution >= 0.6 is 34.9 Å². The summed E-state index contributed by atoms with van der Waals surface area (Å²) in [4.78, 5) is 62.0. The van der Waals surface area contributed by atoms with Gasteiger partial charge in [-0.25, -0.2) is 14.6 Å². The van der Waals surface area contributed by atoms with Crippen LogP contribution in [0.5, 0.6) is 0 Å². The highest BCUT2D eigenvalue weighted by Crippen LogP contribution is 2.41. The first kappa shape index (κ1) is 27.6. The lowest BCUT2D eigenvalue weighted by Gasteiger charge is -2.49. The third kappa shape index (κ3) is 5.04. The maximum atomic E-state index is 13.3. The second-order valence-electron chi connectivity index (χ2n) is 8.92. The monoisotopic (exact) mass is 610 g/mol. The lowest BCUT2D eigenvalue weighted by Crippen LogP contribution is -2.71. The number of amides is 2. The van der Waals surface area contributed by atoms with Gasteiger partial charge in [-0.3, -0.25) is 14.5 Å². The molecule has 2 atom stereocenters. The first-order valence-corrected chi connectivity index (χ1v) is 14.6. The third-order valence-electron chi connectivity index (χ3n) is 6.47. The van der Waals surface area contributed by atoms with Crippen LogP contribution in [-0.2, 0) is 24.0 Å². The Balaban J connectivity index is 1.34. The summed E-state index contributed by atoms with van der Waals surface area (Å²) in [6.45, 7) is 0. The number of carboxylic acids is 2. The summed E-state index contributed by atoms with van der Waals surface area (Å²) in [5.74, 6) is 2.06. The molecule has 17 nitrogen and oxygen atoms in total. The van der Waals surface area contributed by atoms with Crippen LogP contribution in [0.1, 0.15) is 31.4 Å². The molecule has 2 aromatic rings. The Labute approximate surface area is 237 Å². The number of anilines is 1. The van der Waals surface area contributed by atoms with Gasteiger partial charge in [0.1, 0.15) is 22.8 Å². The number of hydrogen-bond acceptors (Lipinski definition) is 15. The maximum absolute atomic E-state index is 13.3. The van der Waals surface area contributed by atoms with Crippen molar-refractivity contribution < 1.29 is 34.2 Å². The summed E-state index contributed by atoms with van der Waals surface area (Å²) >= 11 is 3.42. The number of aliphatic carboxylic acids is 2. The van der Waals surface area contributed by atoms with E-state index in [4.69, 9.17) is 16.4 Å². The Hall–Kier alpha value is -3.91. The van der Waals surface area contributed by atoms with Crippen molar-refractivity contribution in [3.63, 3.8) is 0 Å². The molecule has 5 rings (SSSR count). The third-order valence-corrected chi connectivity index (χ3v) is 9.50. The van der Waals surface area contributed by atoms with E-state index in [0.29, 0.717) is 18.4 Å². The molecule has 1 aliphatic carbocycles. The van der Waals surface area contributed by atoms with Crippen molar-refractivity contribution in [2.75, 3.05) is 23.1 Å². The highest BCUT2D eigenvalue weighted by Gasteiger charge is 2.54. The molecule has 2 fully saturated rings. The van der Waals surface area contributed by atoms with Crippen LogP contribution in [0, 0.1) is 0 Å². The summed E-state index contributed by atoms with van der Waals surface area (Å²) in [5.41, 5.74) is 4.12. The highest BCUT2D eigenvalue weighted by molar-refractivity contribution is 8.01. The van der Waals surface area contributed by atoms with E-state index in [0.717, 1.165) is 32.8 Å². The lowest BCUT2D eigenvalue weighted by molar-refractivity contribution is -0.165. The highest BCUT2D eigenvalue weighted by atomic mass is 32.2. The van der Waals surface area contributed by atoms with Gasteiger partial charge in [0.15, 0.2) is 10.8 Å². The van der Waals surface area contributed by atoms with Crippen LogP contribution < -0.4 is 16.9 Å². The van der Waals surface area contributed by atoms with E-state index < -0.39 is 40.8 Å². The molecular weight excluding hydrogens is 588 g/mol. The number of carbonyl (C=O) groups excluding carboxylic acids is 2. The molecule has 1 saturated carbocycles. The molecule has 0 unspecified atom stereocenters. The Morgan fingerprint density at radius 3 is 2.65 bits per heavy atom. The molecule has 2 amide bonds. The number of nitrogens with two attached hydrogens (primary N) is 2. The number of nitrogen functional groups attached to an aromatic ring is 2. The molecule has 20 heteroatoms. The van der Waals surface area contributed by atoms with Crippen LogP contribution in [0.15, 0.2) is 27.0 Å². The van der Waals surface area contributed by atoms with Crippen molar-refractivity contribution in [3.05, 3.63) is 22.3 Å². The van der Waals surface area contributed by atoms with Crippen LogP contribution in [0.4, 0.5) is 5.13 Å². The number of nitrogens with zero attached hydrogens (tertiary/aromatic N) is 7. The minimum absolute atomic E-state index is 0.0473. The molecule has 0 aromatic carbocycles. The number of oxime groups is 1. The predicted molar refractivity (Wildman–Crippen MR) is 141 cm³/mol. The number of aromatic nitrogens is 5. The van der Waals surface area contributed by atoms with Gasteiger partial charge in [-0.2, -0.15) is 0 Å². The van der Waals surface area contributed by atoms with Crippen molar-refractivity contribution >= 4 is 69.5 Å². The molecule has 7 N–H and O–H groups in total. The number of tetrazole rings is 1. The number of rotatable bonds is 10. The minimum Gasteiger partial charge on any atom is -0.478 e. The predicted octanol–water partition coefficient (Wildman–Crippen LogP) is -0.925. The molecule has 2 aromatic heterocycles. The van der Waals surface area contributed by atoms with Gasteiger partial charge < -0.3 is 31.9 Å². The fraction of sp³-hybridized carbons (Fsp3) is 0.450. The first-order chi connectivity index (χ1) is 19.1. The van der Waals surface area contributed by atoms with Crippen LogP contribution in [0.2, 0.25) is 0 Å². The maximum Gasteiger partial charge on any atom is 0.352 e. The standard InChI is InChI=1S/C20H22N10O7S3/c21-18-23-9(7-39-18)10(26-37-20(17(35)36)3-1-2-4-20)13(31)24-11-14(32)29-12(16(33)34)8(5-38-15(11)29)6-40-19-25-27-28-30(19)22/h7,11,15H,1-6,22H2,(H2,21,23)(H,24,31)(H,33,34)(H,35,36)/b26-10-/t11-,15+/m1/s1. The second-order valence-corrected chi connectivity index (χ2v) is 11.9. The number of β-lactam (4-membered cyclic amide) rings is 1. The van der Waals surface area contributed by atoms with E-state index in [1.54, 1.807) is 0 Å². The molecular formula is C20H22N10O7S3. The van der Waals surface area contributed by atoms with Gasteiger partial charge in [-0.1, -0.05) is 22.0 Å². The zero-order chi connectivity index (χ0) is 28.6. The van der Waals surface area contributed by atoms with E-state index in [-0.39, 0.29) is 51.7 Å². The molecule has 4 heterocycles. The van der Waals surface area contributed by atoms with Crippen LogP contribution in [0.25, 0.3) is 0 Å². The van der Waals surface area contributed by atoms with Gasteiger partial charge in [0.05, 0.1) is 0 Å². The summed E-state index contributed by atoms with van der Waals surface area (Å²) in [6, 6.07) is -1.07. The van der Waals surface area contributed by atoms with Crippen molar-refractivity contribution in [2.45, 2.75) is 47.9 Å². The zero-order valence-corrected chi connectivity index (χ0v) is 22.9. The fourth-order valence-corrected chi connectivity index (χ4v) is 7.29. The summed E-state index contributed by atoms with van der Waals surface area (Å²) in [7, 11) is 0. The van der Waals surface area contributed by atoms with E-state index in [9.17, 15) is 29.4 Å². The number of thioether (sulfide) groups is 2. The number of thiazole rings is 1. The average molecular weight is 611 g/mol. The van der Waals surface area contributed by atoms with E-state index in [1.807, 2.05) is 0 Å². The normalized spacial score (nSPS) is 22.1. The molecule has 2 aliphatic heterocycles. The van der Waals surface area contributed by atoms with Crippen molar-refractivity contribution in [3.8, 4) is 0 Å². The molecule has 0 bridgehead atoms. The Bertz CT molecular complexity index is 1430. The van der Waals surface area contributed by atoms with E-state index in [2.05, 4.69) is 31.0 Å². The Morgan fingerprint density at radius 1 is 1.30 bits per heavy atom. The van der Waals surface area contributed by atoms with E-state index >= 15 is 0 Å². The molecule has 0 radical (unpaired) electrons. The zero-order valence-electron chi connectivity index (χ0n) is 20.4. The number of hydrogen-bond donors (Lipinski definition) is 5. The van der Waals surface area contributed by atoms with Crippen molar-refractivity contribution in [1.29, 1.82) is 0 Å². The molecule has 1 saturated heterocycles. The Kier molecular flexibility index (Phi) is 7.55. The smallest absolute Gasteiger partial charge is 0.352 e. The molecule has 40 heavy (non-hydrogen) atoms. The van der Waals surface area contributed by atoms with Crippen LogP contribution in [-0.4, -0.2) is 98.4 Å². The first-order valence-electron chi connectivity index (χ1n) is 11.7. The number of carboxylic acid groups (broad SMARTS) is 2. The van der Waals surface area contributed by atoms with E-state index in [1.165, 1.54) is 17.1 Å². The summed E-state index contributed by atoms with van der Waals surface area (Å²) in [6.07, 6.45) is 1.70. The summed E-state index contributed by atoms with van der Waals surface area (Å²) < 4.78 is 0. The van der Waals surface area contributed by atoms with Gasteiger partial charge in [0.25, 0.3) is 11.8 Å². The topological polar surface area (TPSA) is 254 Å². The molecule has 212 valence electrons. The number of nitrogens with one attached hydrogen (secondary N) is 1. The average Bonchev–Trinajstić information content (AvgIpc) is 3.67. The molecule has 3 aliphatic rings. The van der Waals surface area contributed by atoms with Crippen molar-refractivity contribution in [2.24, 2.45) is 5.16 Å². The van der Waals surface area contributed by atoms with Gasteiger partial charge in [0.2, 0.25) is 10.8 Å². The molecule has 0 spiro atoms. The van der Waals surface area contributed by atoms with Gasteiger partial charge in [-0.05, 0) is 28.8 Å². The quantitative estimate of drug-likeness (QED) is 0.0716. The SMILES string of the molecule is Nc1nc(/C(=N/OC2(C(=O)O)CCCC2)C(=O)N[C@@H]2C(=O)N3C(C(=O)O)=C(CSc4nnnn4N)CS[C@@H]23)cs1. The van der Waals surface area contributed by atoms with Crippen LogP contribution in [0.3, 0.4) is 0 Å². The Morgan fingerprint density at radius 2 is 2.05 bits per heavy atom. The van der Waals surface area contributed by atoms with Crippen molar-refractivity contribution in [1.82, 2.24) is 35.5 Å². The van der Waals surface area contributed by atoms with Gasteiger partial charge in [-0.15, -0.1) is 27.9 Å². The lowest BCUT2D eigenvalue weighted by atomic mass is 10.0.